The van der Waals surface area contributed by atoms with E-state index in [9.17, 15) is 5.11 Å². The Balaban J connectivity index is 1.40. The first-order valence-electron chi connectivity index (χ1n) is 16.5. The van der Waals surface area contributed by atoms with E-state index in [1.807, 2.05) is 54.9 Å². The molecule has 5 heteroatoms. The van der Waals surface area contributed by atoms with Gasteiger partial charge in [0, 0.05) is 34.0 Å². The molecule has 0 aliphatic rings. The summed E-state index contributed by atoms with van der Waals surface area (Å²) in [5, 5.41) is 13.3. The van der Waals surface area contributed by atoms with Gasteiger partial charge in [-0.3, -0.25) is 9.88 Å². The van der Waals surface area contributed by atoms with Gasteiger partial charge in [0.25, 0.3) is 0 Å². The Morgan fingerprint density at radius 2 is 1.31 bits per heavy atom. The molecule has 0 aliphatic carbocycles. The number of pyridine rings is 1. The largest absolute Gasteiger partial charge is 0.507 e. The van der Waals surface area contributed by atoms with Crippen molar-refractivity contribution in [1.82, 2.24) is 15.0 Å². The number of phenols is 1. The van der Waals surface area contributed by atoms with Gasteiger partial charge in [-0.05, 0) is 82.9 Å². The summed E-state index contributed by atoms with van der Waals surface area (Å²) in [7, 11) is 0. The second-order valence-corrected chi connectivity index (χ2v) is 12.7. The molecule has 0 unspecified atom stereocenters. The smallest absolute Gasteiger partial charge is 0.137 e. The van der Waals surface area contributed by atoms with E-state index in [4.69, 9.17) is 15.0 Å². The molecule has 0 saturated carbocycles. The van der Waals surface area contributed by atoms with Crippen molar-refractivity contribution >= 4 is 28.0 Å². The van der Waals surface area contributed by atoms with Crippen LogP contribution in [0.2, 0.25) is 0 Å². The van der Waals surface area contributed by atoms with E-state index in [1.165, 1.54) is 11.1 Å². The fraction of sp³-hybridized carbons (Fsp3) is 0.140. The molecular formula is C43H38N4O. The Hall–Kier alpha value is -5.81. The summed E-state index contributed by atoms with van der Waals surface area (Å²) in [5.41, 5.74) is 9.12. The average molecular weight is 627 g/mol. The van der Waals surface area contributed by atoms with Crippen LogP contribution in [0.4, 0.5) is 17.2 Å². The first-order valence-corrected chi connectivity index (χ1v) is 16.5. The number of aromatic hydroxyl groups is 1. The maximum absolute atomic E-state index is 11.1. The lowest BCUT2D eigenvalue weighted by Gasteiger charge is -2.26. The van der Waals surface area contributed by atoms with Crippen molar-refractivity contribution < 1.29 is 5.11 Å². The lowest BCUT2D eigenvalue weighted by molar-refractivity contribution is 0.477. The number of nitrogens with zero attached hydrogens (tertiary/aromatic N) is 4. The number of anilines is 3. The Morgan fingerprint density at radius 1 is 0.604 bits per heavy atom. The van der Waals surface area contributed by atoms with Crippen molar-refractivity contribution in [2.45, 2.75) is 39.5 Å². The second kappa shape index (κ2) is 13.1. The van der Waals surface area contributed by atoms with Crippen LogP contribution in [0.25, 0.3) is 44.5 Å². The molecule has 7 rings (SSSR count). The van der Waals surface area contributed by atoms with E-state index in [0.29, 0.717) is 28.8 Å². The minimum Gasteiger partial charge on any atom is -0.507 e. The molecule has 0 radical (unpaired) electrons. The van der Waals surface area contributed by atoms with Crippen LogP contribution in [0.1, 0.15) is 50.7 Å². The van der Waals surface area contributed by atoms with E-state index >= 15 is 0 Å². The van der Waals surface area contributed by atoms with Gasteiger partial charge in [-0.2, -0.15) is 0 Å². The summed E-state index contributed by atoms with van der Waals surface area (Å²) >= 11 is 0. The van der Waals surface area contributed by atoms with E-state index in [0.717, 1.165) is 44.8 Å². The molecule has 0 fully saturated rings. The molecule has 0 saturated heterocycles. The Morgan fingerprint density at radius 3 is 2.06 bits per heavy atom. The van der Waals surface area contributed by atoms with Crippen LogP contribution in [-0.4, -0.2) is 20.1 Å². The zero-order valence-electron chi connectivity index (χ0n) is 27.7. The maximum Gasteiger partial charge on any atom is 0.137 e. The number of hydrogen-bond donors (Lipinski definition) is 1. The number of benzene rings is 5. The molecule has 236 valence electrons. The molecule has 2 heterocycles. The fourth-order valence-electron chi connectivity index (χ4n) is 6.17. The number of fused-ring (bicyclic) bond motifs is 1. The van der Waals surface area contributed by atoms with Crippen molar-refractivity contribution in [1.29, 1.82) is 0 Å². The first-order chi connectivity index (χ1) is 23.4. The van der Waals surface area contributed by atoms with Crippen LogP contribution < -0.4 is 4.90 Å². The quantitative estimate of drug-likeness (QED) is 0.182. The molecule has 1 N–H and O–H groups in total. The topological polar surface area (TPSA) is 62.1 Å². The summed E-state index contributed by atoms with van der Waals surface area (Å²) in [5.74, 6) is 1.69. The van der Waals surface area contributed by atoms with Gasteiger partial charge in [0.2, 0.25) is 0 Å². The maximum atomic E-state index is 11.1. The van der Waals surface area contributed by atoms with Crippen molar-refractivity contribution in [2.75, 3.05) is 4.90 Å². The molecule has 0 atom stereocenters. The molecule has 2 aromatic heterocycles. The van der Waals surface area contributed by atoms with E-state index in [1.54, 1.807) is 6.07 Å². The van der Waals surface area contributed by atoms with Gasteiger partial charge in [-0.15, -0.1) is 0 Å². The monoisotopic (exact) mass is 626 g/mol. The third-order valence-electron chi connectivity index (χ3n) is 8.80. The van der Waals surface area contributed by atoms with Crippen LogP contribution in [-0.2, 0) is 0 Å². The summed E-state index contributed by atoms with van der Waals surface area (Å²) < 4.78 is 0. The minimum absolute atomic E-state index is 0.167. The number of phenolic OH excluding ortho intramolecular Hbond substituents is 1. The Bertz CT molecular complexity index is 2190. The van der Waals surface area contributed by atoms with E-state index in [-0.39, 0.29) is 5.75 Å². The number of rotatable bonds is 8. The predicted molar refractivity (Wildman–Crippen MR) is 198 cm³/mol. The summed E-state index contributed by atoms with van der Waals surface area (Å²) in [4.78, 5) is 17.3. The third-order valence-corrected chi connectivity index (χ3v) is 8.80. The normalized spacial score (nSPS) is 11.4. The van der Waals surface area contributed by atoms with E-state index < -0.39 is 0 Å². The zero-order valence-corrected chi connectivity index (χ0v) is 27.7. The SMILES string of the molecule is CC(C)c1cc(-c2ncc(-c3cccc(N(c4ccccn4)c4cccc5ccccc45)c3)nc2-c2ccccc2O)cc(C(C)C)c1. The lowest BCUT2D eigenvalue weighted by Crippen LogP contribution is -2.12. The van der Waals surface area contributed by atoms with Crippen molar-refractivity contribution in [3.8, 4) is 39.5 Å². The van der Waals surface area contributed by atoms with Gasteiger partial charge in [-0.25, -0.2) is 9.97 Å². The summed E-state index contributed by atoms with van der Waals surface area (Å²) in [6.45, 7) is 8.84. The molecule has 5 aromatic carbocycles. The highest BCUT2D eigenvalue weighted by Gasteiger charge is 2.20. The highest BCUT2D eigenvalue weighted by molar-refractivity contribution is 5.98. The molecule has 5 nitrogen and oxygen atoms in total. The summed E-state index contributed by atoms with van der Waals surface area (Å²) in [6.07, 6.45) is 3.66. The van der Waals surface area contributed by atoms with Crippen molar-refractivity contribution in [2.24, 2.45) is 0 Å². The zero-order chi connectivity index (χ0) is 33.2. The molecular weight excluding hydrogens is 589 g/mol. The Kier molecular flexibility index (Phi) is 8.43. The van der Waals surface area contributed by atoms with Crippen LogP contribution in [0.15, 0.2) is 140 Å². The van der Waals surface area contributed by atoms with Crippen LogP contribution in [0, 0.1) is 0 Å². The van der Waals surface area contributed by atoms with Gasteiger partial charge in [-0.1, -0.05) is 100 Å². The number of hydrogen-bond acceptors (Lipinski definition) is 5. The second-order valence-electron chi connectivity index (χ2n) is 12.7. The van der Waals surface area contributed by atoms with Gasteiger partial charge in [0.1, 0.15) is 17.3 Å². The first kappa shape index (κ1) is 30.8. The predicted octanol–water partition coefficient (Wildman–Crippen LogP) is 11.4. The number of para-hydroxylation sites is 1. The molecule has 0 aliphatic heterocycles. The molecule has 0 amide bonds. The third kappa shape index (κ3) is 6.03. The fourth-order valence-corrected chi connectivity index (χ4v) is 6.17. The van der Waals surface area contributed by atoms with Crippen LogP contribution in [0.3, 0.4) is 0 Å². The number of aromatic nitrogens is 3. The minimum atomic E-state index is 0.167. The van der Waals surface area contributed by atoms with E-state index in [2.05, 4.69) is 111 Å². The average Bonchev–Trinajstić information content (AvgIpc) is 3.12. The van der Waals surface area contributed by atoms with Crippen LogP contribution >= 0.6 is 0 Å². The van der Waals surface area contributed by atoms with Crippen molar-refractivity contribution in [3.63, 3.8) is 0 Å². The van der Waals surface area contributed by atoms with Gasteiger partial charge < -0.3 is 5.11 Å². The molecule has 7 aromatic rings. The highest BCUT2D eigenvalue weighted by atomic mass is 16.3. The molecule has 48 heavy (non-hydrogen) atoms. The van der Waals surface area contributed by atoms with Gasteiger partial charge in [0.15, 0.2) is 0 Å². The van der Waals surface area contributed by atoms with Crippen molar-refractivity contribution in [3.05, 3.63) is 151 Å². The lowest BCUT2D eigenvalue weighted by atomic mass is 9.91. The molecule has 0 spiro atoms. The van der Waals surface area contributed by atoms with Gasteiger partial charge in [0.05, 0.1) is 23.3 Å². The Labute approximate surface area is 282 Å². The van der Waals surface area contributed by atoms with Gasteiger partial charge >= 0.3 is 0 Å². The molecule has 0 bridgehead atoms. The summed E-state index contributed by atoms with van der Waals surface area (Å²) in [6, 6.07) is 43.1. The highest BCUT2D eigenvalue weighted by Crippen LogP contribution is 2.41. The standard InChI is InChI=1S/C43H38N4O/c1-28(2)32-23-33(29(3)4)25-34(24-32)42-43(37-18-7-8-20-40(37)48)46-38(27-45-42)31-15-11-16-35(26-31)47(41-21-9-10-22-44-41)39-19-12-14-30-13-5-6-17-36(30)39/h5-29,48H,1-4H3. The van der Waals surface area contributed by atoms with Crippen LogP contribution in [0.5, 0.6) is 5.75 Å².